The topological polar surface area (TPSA) is 9.23 Å². The fourth-order valence-corrected chi connectivity index (χ4v) is 2.32. The molecule has 0 radical (unpaired) electrons. The summed E-state index contributed by atoms with van der Waals surface area (Å²) >= 11 is 0. The van der Waals surface area contributed by atoms with Crippen molar-refractivity contribution in [1.29, 1.82) is 0 Å². The predicted molar refractivity (Wildman–Crippen MR) is 35.9 cm³/mol. The van der Waals surface area contributed by atoms with Gasteiger partial charge in [0, 0.05) is 10.2 Å². The maximum atomic E-state index is 5.53. The molecule has 1 saturated heterocycles. The SMILES string of the molecule is [SiH3]C1=CC2CCC1O2. The van der Waals surface area contributed by atoms with Crippen LogP contribution < -0.4 is 0 Å². The summed E-state index contributed by atoms with van der Waals surface area (Å²) in [4.78, 5) is 0. The summed E-state index contributed by atoms with van der Waals surface area (Å²) in [6, 6.07) is 0. The Hall–Kier alpha value is -0.0831. The van der Waals surface area contributed by atoms with Gasteiger partial charge in [0.2, 0.25) is 0 Å². The first-order valence-electron chi connectivity index (χ1n) is 3.20. The van der Waals surface area contributed by atoms with Gasteiger partial charge in [-0.1, -0.05) is 11.3 Å². The van der Waals surface area contributed by atoms with Crippen molar-refractivity contribution >= 4 is 10.2 Å². The smallest absolute Gasteiger partial charge is 0.0764 e. The van der Waals surface area contributed by atoms with Gasteiger partial charge < -0.3 is 4.74 Å². The third kappa shape index (κ3) is 0.500. The van der Waals surface area contributed by atoms with E-state index in [1.54, 1.807) is 5.20 Å². The Balaban J connectivity index is 2.29. The number of hydrogen-bond acceptors (Lipinski definition) is 1. The fourth-order valence-electron chi connectivity index (χ4n) is 1.52. The molecule has 0 aromatic carbocycles. The average Bonchev–Trinajstić information content (AvgIpc) is 2.23. The van der Waals surface area contributed by atoms with Crippen LogP contribution in [0.15, 0.2) is 11.3 Å². The standard InChI is InChI=1S/C6H10OSi/c8-6-3-4-1-2-5(6)7-4/h3-5H,1-2H2,8H3. The molecule has 2 aliphatic heterocycles. The molecule has 1 fully saturated rings. The minimum Gasteiger partial charge on any atom is -0.367 e. The zero-order valence-electron chi connectivity index (χ0n) is 5.05. The summed E-state index contributed by atoms with van der Waals surface area (Å²) in [6.07, 6.45) is 5.95. The molecule has 0 N–H and O–H groups in total. The second-order valence-electron chi connectivity index (χ2n) is 2.65. The molecular formula is C6H10OSi. The monoisotopic (exact) mass is 126 g/mol. The summed E-state index contributed by atoms with van der Waals surface area (Å²) in [5, 5.41) is 1.58. The molecule has 2 rings (SSSR count). The largest absolute Gasteiger partial charge is 0.367 e. The summed E-state index contributed by atoms with van der Waals surface area (Å²) in [5.74, 6) is 0. The van der Waals surface area contributed by atoms with Crippen LogP contribution in [-0.4, -0.2) is 22.5 Å². The lowest BCUT2D eigenvalue weighted by molar-refractivity contribution is 0.119. The summed E-state index contributed by atoms with van der Waals surface area (Å²) in [7, 11) is 1.21. The molecule has 2 aliphatic rings. The number of rotatable bonds is 0. The van der Waals surface area contributed by atoms with Gasteiger partial charge in [0.1, 0.15) is 0 Å². The summed E-state index contributed by atoms with van der Waals surface area (Å²) in [5.41, 5.74) is 0. The van der Waals surface area contributed by atoms with E-state index in [2.05, 4.69) is 6.08 Å². The Labute approximate surface area is 52.1 Å². The van der Waals surface area contributed by atoms with Crippen molar-refractivity contribution < 1.29 is 4.74 Å². The average molecular weight is 126 g/mol. The van der Waals surface area contributed by atoms with E-state index in [1.165, 1.54) is 23.1 Å². The van der Waals surface area contributed by atoms with E-state index in [4.69, 9.17) is 4.74 Å². The van der Waals surface area contributed by atoms with Gasteiger partial charge in [0.05, 0.1) is 12.2 Å². The second kappa shape index (κ2) is 1.45. The highest BCUT2D eigenvalue weighted by molar-refractivity contribution is 6.22. The van der Waals surface area contributed by atoms with Gasteiger partial charge >= 0.3 is 0 Å². The first-order chi connectivity index (χ1) is 3.86. The predicted octanol–water partition coefficient (Wildman–Crippen LogP) is -0.203. The van der Waals surface area contributed by atoms with Crippen LogP contribution in [0, 0.1) is 0 Å². The second-order valence-corrected chi connectivity index (χ2v) is 3.81. The molecule has 8 heavy (non-hydrogen) atoms. The molecule has 2 atom stereocenters. The van der Waals surface area contributed by atoms with Crippen LogP contribution in [0.25, 0.3) is 0 Å². The van der Waals surface area contributed by atoms with E-state index in [0.717, 1.165) is 0 Å². The Kier molecular flexibility index (Phi) is 0.864. The highest BCUT2D eigenvalue weighted by Crippen LogP contribution is 2.31. The van der Waals surface area contributed by atoms with Gasteiger partial charge in [-0.2, -0.15) is 0 Å². The molecule has 2 heterocycles. The zero-order valence-corrected chi connectivity index (χ0v) is 7.05. The van der Waals surface area contributed by atoms with Crippen LogP contribution in [0.2, 0.25) is 0 Å². The van der Waals surface area contributed by atoms with E-state index in [1.807, 2.05) is 0 Å². The molecule has 2 heteroatoms. The number of hydrogen-bond donors (Lipinski definition) is 0. The Bertz CT molecular complexity index is 141. The lowest BCUT2D eigenvalue weighted by Crippen LogP contribution is -2.03. The quantitative estimate of drug-likeness (QED) is 0.408. The van der Waals surface area contributed by atoms with Crippen molar-refractivity contribution in [3.05, 3.63) is 11.3 Å². The van der Waals surface area contributed by atoms with Crippen LogP contribution >= 0.6 is 0 Å². The van der Waals surface area contributed by atoms with Crippen LogP contribution in [0.3, 0.4) is 0 Å². The maximum absolute atomic E-state index is 5.53. The number of ether oxygens (including phenoxy) is 1. The Morgan fingerprint density at radius 3 is 2.75 bits per heavy atom. The van der Waals surface area contributed by atoms with Crippen LogP contribution in [0.1, 0.15) is 12.8 Å². The molecule has 0 amide bonds. The van der Waals surface area contributed by atoms with Gasteiger partial charge in [-0.3, -0.25) is 0 Å². The van der Waals surface area contributed by atoms with Gasteiger partial charge in [0.25, 0.3) is 0 Å². The van der Waals surface area contributed by atoms with Crippen molar-refractivity contribution in [2.24, 2.45) is 0 Å². The number of fused-ring (bicyclic) bond motifs is 2. The Morgan fingerprint density at radius 2 is 2.50 bits per heavy atom. The highest BCUT2D eigenvalue weighted by atomic mass is 28.1. The van der Waals surface area contributed by atoms with E-state index < -0.39 is 0 Å². The molecule has 44 valence electrons. The van der Waals surface area contributed by atoms with E-state index in [0.29, 0.717) is 12.2 Å². The van der Waals surface area contributed by atoms with Gasteiger partial charge in [0.15, 0.2) is 0 Å². The third-order valence-corrected chi connectivity index (χ3v) is 2.99. The summed E-state index contributed by atoms with van der Waals surface area (Å²) in [6.45, 7) is 0. The van der Waals surface area contributed by atoms with Crippen LogP contribution in [-0.2, 0) is 4.74 Å². The maximum Gasteiger partial charge on any atom is 0.0764 e. The van der Waals surface area contributed by atoms with E-state index in [-0.39, 0.29) is 0 Å². The minimum absolute atomic E-state index is 0.521. The van der Waals surface area contributed by atoms with Gasteiger partial charge in [-0.25, -0.2) is 0 Å². The molecule has 0 aliphatic carbocycles. The van der Waals surface area contributed by atoms with Crippen LogP contribution in [0.4, 0.5) is 0 Å². The lowest BCUT2D eigenvalue weighted by atomic mass is 10.1. The summed E-state index contributed by atoms with van der Waals surface area (Å²) < 4.78 is 5.53. The van der Waals surface area contributed by atoms with Gasteiger partial charge in [-0.15, -0.1) is 0 Å². The minimum atomic E-state index is 0.521. The third-order valence-electron chi connectivity index (χ3n) is 2.01. The van der Waals surface area contributed by atoms with Crippen molar-refractivity contribution in [3.8, 4) is 0 Å². The molecule has 2 bridgehead atoms. The molecule has 0 saturated carbocycles. The highest BCUT2D eigenvalue weighted by Gasteiger charge is 2.30. The lowest BCUT2D eigenvalue weighted by Gasteiger charge is -2.02. The fraction of sp³-hybridized carbons (Fsp3) is 0.667. The van der Waals surface area contributed by atoms with Crippen LogP contribution in [0.5, 0.6) is 0 Å². The molecular weight excluding hydrogens is 116 g/mol. The van der Waals surface area contributed by atoms with Crippen molar-refractivity contribution in [1.82, 2.24) is 0 Å². The molecule has 2 unspecified atom stereocenters. The van der Waals surface area contributed by atoms with Gasteiger partial charge in [-0.05, 0) is 12.8 Å². The first kappa shape index (κ1) is 4.76. The first-order valence-corrected chi connectivity index (χ1v) is 4.20. The normalized spacial score (nSPS) is 43.2. The van der Waals surface area contributed by atoms with E-state index in [9.17, 15) is 0 Å². The zero-order chi connectivity index (χ0) is 5.56. The van der Waals surface area contributed by atoms with Crippen molar-refractivity contribution in [2.75, 3.05) is 0 Å². The van der Waals surface area contributed by atoms with Crippen molar-refractivity contribution in [3.63, 3.8) is 0 Å². The molecule has 0 spiro atoms. The molecule has 1 nitrogen and oxygen atoms in total. The van der Waals surface area contributed by atoms with E-state index >= 15 is 0 Å². The van der Waals surface area contributed by atoms with Crippen molar-refractivity contribution in [2.45, 2.75) is 25.0 Å². The molecule has 0 aromatic heterocycles. The molecule has 0 aromatic rings. The Morgan fingerprint density at radius 1 is 1.62 bits per heavy atom.